The molecule has 4 heteroatoms. The highest BCUT2D eigenvalue weighted by molar-refractivity contribution is 6.05. The van der Waals surface area contributed by atoms with Gasteiger partial charge in [0.1, 0.15) is 11.6 Å². The monoisotopic (exact) mass is 256 g/mol. The summed E-state index contributed by atoms with van der Waals surface area (Å²) in [5, 5.41) is 2.75. The molecule has 0 atom stereocenters. The van der Waals surface area contributed by atoms with Gasteiger partial charge in [0.05, 0.1) is 12.7 Å². The van der Waals surface area contributed by atoms with Crippen LogP contribution in [0, 0.1) is 0 Å². The van der Waals surface area contributed by atoms with E-state index in [-0.39, 0.29) is 5.91 Å². The smallest absolute Gasteiger partial charge is 0.260 e. The third-order valence-electron chi connectivity index (χ3n) is 2.82. The number of nitrogens with one attached hydrogen (secondary N) is 1. The van der Waals surface area contributed by atoms with Gasteiger partial charge >= 0.3 is 0 Å². The Kier molecular flexibility index (Phi) is 4.13. The minimum Gasteiger partial charge on any atom is -0.496 e. The molecular weight excluding hydrogens is 240 g/mol. The van der Waals surface area contributed by atoms with Crippen LogP contribution in [0.25, 0.3) is 0 Å². The van der Waals surface area contributed by atoms with E-state index in [0.29, 0.717) is 17.1 Å². The Morgan fingerprint density at radius 3 is 2.79 bits per heavy atom. The van der Waals surface area contributed by atoms with Crippen molar-refractivity contribution in [1.29, 1.82) is 0 Å². The van der Waals surface area contributed by atoms with Crippen molar-refractivity contribution < 1.29 is 9.53 Å². The minimum atomic E-state index is -0.217. The van der Waals surface area contributed by atoms with Crippen LogP contribution in [0.1, 0.15) is 22.8 Å². The maximum atomic E-state index is 12.2. The first-order valence-electron chi connectivity index (χ1n) is 6.14. The Balaban J connectivity index is 2.27. The number of anilines is 1. The zero-order valence-corrected chi connectivity index (χ0v) is 11.0. The molecule has 0 radical (unpaired) electrons. The molecule has 1 aromatic heterocycles. The number of aryl methyl sites for hydroxylation is 1. The van der Waals surface area contributed by atoms with Gasteiger partial charge in [-0.25, -0.2) is 4.98 Å². The Labute approximate surface area is 112 Å². The Morgan fingerprint density at radius 2 is 2.16 bits per heavy atom. The number of aromatic nitrogens is 1. The van der Waals surface area contributed by atoms with Gasteiger partial charge < -0.3 is 10.1 Å². The number of rotatable bonds is 4. The number of ether oxygens (including phenoxy) is 1. The first kappa shape index (κ1) is 13.1. The predicted molar refractivity (Wildman–Crippen MR) is 74.6 cm³/mol. The van der Waals surface area contributed by atoms with Crippen LogP contribution in [-0.2, 0) is 6.42 Å². The SMILES string of the molecule is CCc1ccc(OC)c(C(=O)Nc2ccccn2)c1. The van der Waals surface area contributed by atoms with E-state index in [1.54, 1.807) is 25.4 Å². The van der Waals surface area contributed by atoms with Gasteiger partial charge in [0.25, 0.3) is 5.91 Å². The fraction of sp³-hybridized carbons (Fsp3) is 0.200. The summed E-state index contributed by atoms with van der Waals surface area (Å²) in [5.41, 5.74) is 1.61. The molecule has 0 bridgehead atoms. The summed E-state index contributed by atoms with van der Waals surface area (Å²) in [5.74, 6) is 0.868. The molecule has 1 heterocycles. The van der Waals surface area contributed by atoms with Gasteiger partial charge in [-0.2, -0.15) is 0 Å². The summed E-state index contributed by atoms with van der Waals surface area (Å²) < 4.78 is 5.22. The topological polar surface area (TPSA) is 51.2 Å². The molecule has 0 saturated heterocycles. The molecule has 4 nitrogen and oxygen atoms in total. The zero-order chi connectivity index (χ0) is 13.7. The average Bonchev–Trinajstić information content (AvgIpc) is 2.47. The van der Waals surface area contributed by atoms with Gasteiger partial charge in [0, 0.05) is 6.20 Å². The molecule has 0 saturated carbocycles. The first-order chi connectivity index (χ1) is 9.24. The van der Waals surface area contributed by atoms with Crippen LogP contribution >= 0.6 is 0 Å². The van der Waals surface area contributed by atoms with E-state index in [1.807, 2.05) is 31.2 Å². The quantitative estimate of drug-likeness (QED) is 0.915. The lowest BCUT2D eigenvalue weighted by Gasteiger charge is -2.10. The molecule has 1 N–H and O–H groups in total. The largest absolute Gasteiger partial charge is 0.496 e. The molecule has 0 aliphatic rings. The maximum Gasteiger partial charge on any atom is 0.260 e. The number of nitrogens with zero attached hydrogens (tertiary/aromatic N) is 1. The molecule has 0 aliphatic carbocycles. The average molecular weight is 256 g/mol. The highest BCUT2D eigenvalue weighted by Gasteiger charge is 2.13. The molecule has 2 rings (SSSR count). The van der Waals surface area contributed by atoms with Crippen molar-refractivity contribution in [2.75, 3.05) is 12.4 Å². The summed E-state index contributed by atoms with van der Waals surface area (Å²) in [6.07, 6.45) is 2.50. The fourth-order valence-corrected chi connectivity index (χ4v) is 1.77. The van der Waals surface area contributed by atoms with Crippen LogP contribution in [0.5, 0.6) is 5.75 Å². The lowest BCUT2D eigenvalue weighted by molar-refractivity contribution is 0.102. The van der Waals surface area contributed by atoms with Gasteiger partial charge in [0.2, 0.25) is 0 Å². The molecule has 2 aromatic rings. The minimum absolute atomic E-state index is 0.217. The van der Waals surface area contributed by atoms with E-state index in [4.69, 9.17) is 4.74 Å². The molecule has 1 aromatic carbocycles. The van der Waals surface area contributed by atoms with Gasteiger partial charge in [-0.05, 0) is 36.2 Å². The number of carbonyl (C=O) groups excluding carboxylic acids is 1. The number of hydrogen-bond donors (Lipinski definition) is 1. The number of pyridine rings is 1. The van der Waals surface area contributed by atoms with Crippen LogP contribution in [-0.4, -0.2) is 18.0 Å². The van der Waals surface area contributed by atoms with Gasteiger partial charge in [-0.1, -0.05) is 19.1 Å². The van der Waals surface area contributed by atoms with Crippen LogP contribution in [0.3, 0.4) is 0 Å². The second-order valence-electron chi connectivity index (χ2n) is 4.06. The van der Waals surface area contributed by atoms with Crippen LogP contribution in [0.4, 0.5) is 5.82 Å². The number of amides is 1. The van der Waals surface area contributed by atoms with E-state index in [9.17, 15) is 4.79 Å². The summed E-state index contributed by atoms with van der Waals surface area (Å²) >= 11 is 0. The molecule has 1 amide bonds. The number of hydrogen-bond acceptors (Lipinski definition) is 3. The van der Waals surface area contributed by atoms with Crippen molar-refractivity contribution >= 4 is 11.7 Å². The van der Waals surface area contributed by atoms with E-state index in [0.717, 1.165) is 12.0 Å². The van der Waals surface area contributed by atoms with Crippen molar-refractivity contribution in [2.45, 2.75) is 13.3 Å². The molecule has 0 aliphatic heterocycles. The van der Waals surface area contributed by atoms with Crippen molar-refractivity contribution in [3.8, 4) is 5.75 Å². The Hall–Kier alpha value is -2.36. The predicted octanol–water partition coefficient (Wildman–Crippen LogP) is 2.90. The van der Waals surface area contributed by atoms with Gasteiger partial charge in [0.15, 0.2) is 0 Å². The van der Waals surface area contributed by atoms with Crippen LogP contribution in [0.15, 0.2) is 42.6 Å². The van der Waals surface area contributed by atoms with Crippen LogP contribution < -0.4 is 10.1 Å². The normalized spacial score (nSPS) is 10.0. The summed E-state index contributed by atoms with van der Waals surface area (Å²) in [6, 6.07) is 11.0. The van der Waals surface area contributed by atoms with E-state index >= 15 is 0 Å². The lowest BCUT2D eigenvalue weighted by atomic mass is 10.1. The highest BCUT2D eigenvalue weighted by Crippen LogP contribution is 2.21. The molecular formula is C15H16N2O2. The van der Waals surface area contributed by atoms with Crippen molar-refractivity contribution in [1.82, 2.24) is 4.98 Å². The van der Waals surface area contributed by atoms with Crippen molar-refractivity contribution in [2.24, 2.45) is 0 Å². The van der Waals surface area contributed by atoms with Gasteiger partial charge in [-0.15, -0.1) is 0 Å². The third-order valence-corrected chi connectivity index (χ3v) is 2.82. The summed E-state index contributed by atoms with van der Waals surface area (Å²) in [6.45, 7) is 2.04. The Bertz CT molecular complexity index is 568. The molecule has 0 fully saturated rings. The number of methoxy groups -OCH3 is 1. The first-order valence-corrected chi connectivity index (χ1v) is 6.14. The maximum absolute atomic E-state index is 12.2. The summed E-state index contributed by atoms with van der Waals surface area (Å²) in [7, 11) is 1.55. The molecule has 0 spiro atoms. The summed E-state index contributed by atoms with van der Waals surface area (Å²) in [4.78, 5) is 16.3. The molecule has 19 heavy (non-hydrogen) atoms. The van der Waals surface area contributed by atoms with E-state index in [1.165, 1.54) is 0 Å². The number of benzene rings is 1. The fourth-order valence-electron chi connectivity index (χ4n) is 1.77. The highest BCUT2D eigenvalue weighted by atomic mass is 16.5. The van der Waals surface area contributed by atoms with E-state index in [2.05, 4.69) is 10.3 Å². The standard InChI is InChI=1S/C15H16N2O2/c1-3-11-7-8-13(19-2)12(10-11)15(18)17-14-6-4-5-9-16-14/h4-10H,3H2,1-2H3,(H,16,17,18). The third kappa shape index (κ3) is 3.10. The molecule has 98 valence electrons. The zero-order valence-electron chi connectivity index (χ0n) is 11.0. The second kappa shape index (κ2) is 6.00. The molecule has 0 unspecified atom stereocenters. The van der Waals surface area contributed by atoms with Crippen LogP contribution in [0.2, 0.25) is 0 Å². The second-order valence-corrected chi connectivity index (χ2v) is 4.06. The van der Waals surface area contributed by atoms with Crippen molar-refractivity contribution in [3.63, 3.8) is 0 Å². The lowest BCUT2D eigenvalue weighted by Crippen LogP contribution is -2.14. The van der Waals surface area contributed by atoms with Crippen molar-refractivity contribution in [3.05, 3.63) is 53.7 Å². The number of carbonyl (C=O) groups is 1. The van der Waals surface area contributed by atoms with E-state index < -0.39 is 0 Å². The van der Waals surface area contributed by atoms with Gasteiger partial charge in [-0.3, -0.25) is 4.79 Å². The Morgan fingerprint density at radius 1 is 1.32 bits per heavy atom.